The molecule has 3 rings (SSSR count). The smallest absolute Gasteiger partial charge is 0.272 e. The van der Waals surface area contributed by atoms with Gasteiger partial charge in [-0.15, -0.1) is 0 Å². The van der Waals surface area contributed by atoms with Gasteiger partial charge in [0.1, 0.15) is 5.69 Å². The monoisotopic (exact) mass is 404 g/mol. The lowest BCUT2D eigenvalue weighted by molar-refractivity contribution is -0.128. The van der Waals surface area contributed by atoms with Gasteiger partial charge in [-0.3, -0.25) is 14.1 Å². The van der Waals surface area contributed by atoms with Gasteiger partial charge < -0.3 is 9.80 Å². The van der Waals surface area contributed by atoms with Crippen molar-refractivity contribution in [3.05, 3.63) is 53.4 Å². The van der Waals surface area contributed by atoms with Crippen LogP contribution in [0.4, 0.5) is 0 Å². The number of piperazine rings is 1. The zero-order valence-electron chi connectivity index (χ0n) is 15.9. The van der Waals surface area contributed by atoms with Gasteiger partial charge in [-0.2, -0.15) is 0 Å². The van der Waals surface area contributed by atoms with E-state index in [9.17, 15) is 13.8 Å². The minimum atomic E-state index is -2.10. The van der Waals surface area contributed by atoms with Gasteiger partial charge >= 0.3 is 0 Å². The highest BCUT2D eigenvalue weighted by molar-refractivity contribution is 7.77. The van der Waals surface area contributed by atoms with Gasteiger partial charge in [0, 0.05) is 43.5 Å². The Labute approximate surface area is 166 Å². The second-order valence-corrected chi connectivity index (χ2v) is 7.72. The molecule has 3 atom stereocenters. The van der Waals surface area contributed by atoms with Gasteiger partial charge in [0.05, 0.1) is 0 Å². The lowest BCUT2D eigenvalue weighted by Gasteiger charge is -2.35. The molecule has 1 saturated heterocycles. The van der Waals surface area contributed by atoms with Crippen molar-refractivity contribution < 1.29 is 18.4 Å². The number of nitrogens with zero attached hydrogens (tertiary/aromatic N) is 3. The Kier molecular flexibility index (Phi) is 6.38. The molecule has 150 valence electrons. The van der Waals surface area contributed by atoms with Gasteiger partial charge in [-0.05, 0) is 25.0 Å². The fourth-order valence-electron chi connectivity index (χ4n) is 3.35. The van der Waals surface area contributed by atoms with Gasteiger partial charge in [-0.25, -0.2) is 13.9 Å². The molecule has 2 aliphatic rings. The molecule has 8 nitrogen and oxygen atoms in total. The number of aryl methyl sites for hydroxylation is 1. The Bertz CT molecular complexity index is 846. The molecule has 1 aliphatic carbocycles. The number of pyridine rings is 1. The lowest BCUT2D eigenvalue weighted by Crippen LogP contribution is -2.51. The molecule has 0 spiro atoms. The maximum Gasteiger partial charge on any atom is 0.272 e. The third-order valence-electron chi connectivity index (χ3n) is 4.94. The number of hydrogen-bond acceptors (Lipinski definition) is 4. The van der Waals surface area contributed by atoms with Crippen LogP contribution in [0.2, 0.25) is 0 Å². The summed E-state index contributed by atoms with van der Waals surface area (Å²) in [5.74, 6) is -0.296. The van der Waals surface area contributed by atoms with Crippen LogP contribution in [0.25, 0.3) is 0 Å². The van der Waals surface area contributed by atoms with Crippen molar-refractivity contribution in [2.45, 2.75) is 19.9 Å². The number of aromatic nitrogens is 1. The van der Waals surface area contributed by atoms with Crippen LogP contribution in [0.3, 0.4) is 0 Å². The van der Waals surface area contributed by atoms with Crippen molar-refractivity contribution in [3.8, 4) is 0 Å². The molecule has 0 saturated carbocycles. The molecule has 0 aromatic carbocycles. The maximum atomic E-state index is 12.8. The fourth-order valence-corrected chi connectivity index (χ4v) is 3.88. The van der Waals surface area contributed by atoms with Crippen LogP contribution in [0.15, 0.2) is 42.0 Å². The zero-order chi connectivity index (χ0) is 20.3. The van der Waals surface area contributed by atoms with Gasteiger partial charge in [0.25, 0.3) is 11.8 Å². The molecule has 0 bridgehead atoms. The molecular formula is C19H24N4O4S. The Balaban J connectivity index is 1.58. The van der Waals surface area contributed by atoms with Gasteiger partial charge in [0.2, 0.25) is 11.3 Å². The summed E-state index contributed by atoms with van der Waals surface area (Å²) >= 11 is -2.10. The first kappa shape index (κ1) is 20.4. The van der Waals surface area contributed by atoms with E-state index in [4.69, 9.17) is 4.55 Å². The Morgan fingerprint density at radius 3 is 2.39 bits per heavy atom. The van der Waals surface area contributed by atoms with Crippen LogP contribution < -0.4 is 4.72 Å². The summed E-state index contributed by atoms with van der Waals surface area (Å²) in [5, 5.41) is 0. The summed E-state index contributed by atoms with van der Waals surface area (Å²) in [6.45, 7) is 5.56. The number of nitrogens with one attached hydrogen (secondary N) is 1. The van der Waals surface area contributed by atoms with E-state index in [1.54, 1.807) is 34.1 Å². The fraction of sp³-hybridized carbons (Fsp3) is 0.421. The Hall–Kier alpha value is -2.36. The number of hydrogen-bond donors (Lipinski definition) is 2. The molecule has 28 heavy (non-hydrogen) atoms. The van der Waals surface area contributed by atoms with Gasteiger partial charge in [0.15, 0.2) is 0 Å². The predicted molar refractivity (Wildman–Crippen MR) is 106 cm³/mol. The predicted octanol–water partition coefficient (Wildman–Crippen LogP) is 0.902. The number of carbonyl (C=O) groups excluding carboxylic acids is 2. The highest BCUT2D eigenvalue weighted by Gasteiger charge is 2.28. The topological polar surface area (TPSA) is 103 Å². The maximum absolute atomic E-state index is 12.8. The third kappa shape index (κ3) is 4.73. The molecule has 1 fully saturated rings. The second-order valence-electron chi connectivity index (χ2n) is 6.98. The summed E-state index contributed by atoms with van der Waals surface area (Å²) in [6, 6.07) is 5.07. The minimum absolute atomic E-state index is 0.0877. The van der Waals surface area contributed by atoms with Crippen LogP contribution in [0, 0.1) is 12.8 Å². The van der Waals surface area contributed by atoms with Crippen molar-refractivity contribution in [2.75, 3.05) is 26.2 Å². The highest BCUT2D eigenvalue weighted by Crippen LogP contribution is 2.20. The highest BCUT2D eigenvalue weighted by atomic mass is 32.2. The van der Waals surface area contributed by atoms with Gasteiger partial charge in [-0.1, -0.05) is 31.2 Å². The molecule has 3 unspecified atom stereocenters. The molecule has 9 heteroatoms. The van der Waals surface area contributed by atoms with E-state index < -0.39 is 11.3 Å². The first-order valence-corrected chi connectivity index (χ1v) is 10.2. The van der Waals surface area contributed by atoms with Crippen LogP contribution >= 0.6 is 0 Å². The molecular weight excluding hydrogens is 380 g/mol. The largest absolute Gasteiger partial charge is 0.335 e. The van der Waals surface area contributed by atoms with E-state index in [2.05, 4.69) is 9.71 Å². The number of amides is 2. The van der Waals surface area contributed by atoms with Crippen molar-refractivity contribution >= 4 is 23.1 Å². The van der Waals surface area contributed by atoms with Crippen LogP contribution in [-0.4, -0.2) is 67.6 Å². The van der Waals surface area contributed by atoms with Crippen molar-refractivity contribution in [2.24, 2.45) is 5.92 Å². The lowest BCUT2D eigenvalue weighted by atomic mass is 9.93. The van der Waals surface area contributed by atoms with Crippen LogP contribution in [0.1, 0.15) is 23.1 Å². The van der Waals surface area contributed by atoms with E-state index in [-0.39, 0.29) is 23.8 Å². The summed E-state index contributed by atoms with van der Waals surface area (Å²) < 4.78 is 22.4. The average Bonchev–Trinajstić information content (AvgIpc) is 2.68. The van der Waals surface area contributed by atoms with Crippen molar-refractivity contribution in [3.63, 3.8) is 0 Å². The molecule has 0 radical (unpaired) electrons. The van der Waals surface area contributed by atoms with E-state index >= 15 is 0 Å². The quantitative estimate of drug-likeness (QED) is 0.726. The molecule has 1 aromatic heterocycles. The molecule has 2 heterocycles. The molecule has 2 N–H and O–H groups in total. The first-order chi connectivity index (χ1) is 13.3. The van der Waals surface area contributed by atoms with Crippen LogP contribution in [-0.2, 0) is 16.1 Å². The normalized spacial score (nSPS) is 23.3. The van der Waals surface area contributed by atoms with E-state index in [1.807, 2.05) is 26.0 Å². The summed E-state index contributed by atoms with van der Waals surface area (Å²) in [6.07, 6.45) is 5.22. The SMILES string of the molecule is Cc1cccc(C(=O)N2CCN(C(=O)C3=CC(C)C(NS(=O)O)C=C3)CC2)n1. The van der Waals surface area contributed by atoms with E-state index in [1.165, 1.54) is 0 Å². The van der Waals surface area contributed by atoms with E-state index in [0.29, 0.717) is 37.4 Å². The van der Waals surface area contributed by atoms with Crippen molar-refractivity contribution in [1.29, 1.82) is 0 Å². The summed E-state index contributed by atoms with van der Waals surface area (Å²) in [4.78, 5) is 33.1. The third-order valence-corrected chi connectivity index (χ3v) is 5.41. The number of carbonyl (C=O) groups is 2. The van der Waals surface area contributed by atoms with E-state index in [0.717, 1.165) is 5.69 Å². The zero-order valence-corrected chi connectivity index (χ0v) is 16.7. The number of rotatable bonds is 4. The van der Waals surface area contributed by atoms with Crippen LogP contribution in [0.5, 0.6) is 0 Å². The Morgan fingerprint density at radius 1 is 1.18 bits per heavy atom. The second kappa shape index (κ2) is 8.76. The Morgan fingerprint density at radius 2 is 1.82 bits per heavy atom. The minimum Gasteiger partial charge on any atom is -0.335 e. The first-order valence-electron chi connectivity index (χ1n) is 9.14. The molecule has 1 aromatic rings. The molecule has 1 aliphatic heterocycles. The summed E-state index contributed by atoms with van der Waals surface area (Å²) in [5.41, 5.74) is 1.78. The standard InChI is InChI=1S/C19H24N4O4S/c1-13-12-15(6-7-16(13)21-28(26)27)18(24)22-8-10-23(11-9-22)19(25)17-5-3-4-14(2)20-17/h3-7,12-13,16,21H,8-11H2,1-2H3,(H,26,27). The summed E-state index contributed by atoms with van der Waals surface area (Å²) in [7, 11) is 0. The average molecular weight is 404 g/mol. The van der Waals surface area contributed by atoms with Crippen molar-refractivity contribution in [1.82, 2.24) is 19.5 Å². The molecule has 2 amide bonds.